The Kier molecular flexibility index (Phi) is 6.84. The van der Waals surface area contributed by atoms with Gasteiger partial charge in [0.25, 0.3) is 0 Å². The maximum Gasteiger partial charge on any atom is 0.232 e. The van der Waals surface area contributed by atoms with Crippen molar-refractivity contribution in [3.63, 3.8) is 0 Å². The Labute approximate surface area is 101 Å². The first-order valence-electron chi connectivity index (χ1n) is 5.76. The van der Waals surface area contributed by atoms with E-state index in [4.69, 9.17) is 9.84 Å². The van der Waals surface area contributed by atoms with Gasteiger partial charge in [-0.25, -0.2) is 0 Å². The summed E-state index contributed by atoms with van der Waals surface area (Å²) in [7, 11) is 1.66. The van der Waals surface area contributed by atoms with E-state index in [9.17, 15) is 4.79 Å². The van der Waals surface area contributed by atoms with Gasteiger partial charge in [-0.3, -0.25) is 4.79 Å². The van der Waals surface area contributed by atoms with Crippen LogP contribution in [-0.4, -0.2) is 60.3 Å². The topological polar surface area (TPSA) is 49.8 Å². The van der Waals surface area contributed by atoms with Crippen LogP contribution in [0.1, 0.15) is 19.3 Å². The minimum Gasteiger partial charge on any atom is -0.395 e. The molecule has 0 radical (unpaired) electrons. The van der Waals surface area contributed by atoms with Crippen molar-refractivity contribution in [3.8, 4) is 0 Å². The number of aliphatic hydroxyl groups is 1. The van der Waals surface area contributed by atoms with Gasteiger partial charge < -0.3 is 14.7 Å². The summed E-state index contributed by atoms with van der Waals surface area (Å²) in [6.07, 6.45) is 3.39. The first kappa shape index (κ1) is 13.8. The third kappa shape index (κ3) is 4.31. The van der Waals surface area contributed by atoms with Crippen LogP contribution >= 0.6 is 11.8 Å². The number of carbonyl (C=O) groups excluding carboxylic acids is 1. The molecule has 0 spiro atoms. The molecule has 0 unspecified atom stereocenters. The molecule has 5 heteroatoms. The largest absolute Gasteiger partial charge is 0.395 e. The Bertz CT molecular complexity index is 209. The fraction of sp³-hybridized carbons (Fsp3) is 0.909. The second-order valence-corrected chi connectivity index (χ2v) is 5.05. The van der Waals surface area contributed by atoms with Gasteiger partial charge in [0.05, 0.1) is 19.0 Å². The van der Waals surface area contributed by atoms with Crippen molar-refractivity contribution < 1.29 is 14.6 Å². The van der Waals surface area contributed by atoms with Crippen molar-refractivity contribution >= 4 is 17.7 Å². The van der Waals surface area contributed by atoms with Gasteiger partial charge >= 0.3 is 0 Å². The minimum atomic E-state index is 0.0605. The molecule has 1 N–H and O–H groups in total. The van der Waals surface area contributed by atoms with Gasteiger partial charge in [0, 0.05) is 25.4 Å². The summed E-state index contributed by atoms with van der Waals surface area (Å²) >= 11 is 1.59. The highest BCUT2D eigenvalue weighted by atomic mass is 32.2. The van der Waals surface area contributed by atoms with Crippen LogP contribution in [0.3, 0.4) is 0 Å². The number of rotatable bonds is 8. The highest BCUT2D eigenvalue weighted by Gasteiger charge is 2.27. The summed E-state index contributed by atoms with van der Waals surface area (Å²) in [5.74, 6) is 1.50. The van der Waals surface area contributed by atoms with E-state index in [0.717, 1.165) is 18.6 Å². The second-order valence-electron chi connectivity index (χ2n) is 3.94. The monoisotopic (exact) mass is 247 g/mol. The Morgan fingerprint density at radius 2 is 2.31 bits per heavy atom. The zero-order valence-electron chi connectivity index (χ0n) is 9.85. The number of amides is 1. The Hall–Kier alpha value is -0.260. The number of hydrogen-bond donors (Lipinski definition) is 1. The van der Waals surface area contributed by atoms with E-state index in [-0.39, 0.29) is 12.5 Å². The van der Waals surface area contributed by atoms with Gasteiger partial charge in [0.15, 0.2) is 0 Å². The summed E-state index contributed by atoms with van der Waals surface area (Å²) in [5, 5.41) is 8.94. The molecule has 0 atom stereocenters. The summed E-state index contributed by atoms with van der Waals surface area (Å²) in [6, 6.07) is 0.377. The maximum atomic E-state index is 11.9. The fourth-order valence-electron chi connectivity index (χ4n) is 1.70. The molecule has 0 aromatic heterocycles. The van der Waals surface area contributed by atoms with Crippen molar-refractivity contribution in [3.05, 3.63) is 0 Å². The first-order chi connectivity index (χ1) is 7.79. The lowest BCUT2D eigenvalue weighted by molar-refractivity contribution is -0.132. The number of methoxy groups -OCH3 is 1. The number of hydrogen-bond acceptors (Lipinski definition) is 4. The van der Waals surface area contributed by atoms with E-state index in [1.807, 2.05) is 4.90 Å². The van der Waals surface area contributed by atoms with Crippen LogP contribution in [-0.2, 0) is 9.53 Å². The second kappa shape index (κ2) is 7.92. The number of ether oxygens (including phenoxy) is 1. The summed E-state index contributed by atoms with van der Waals surface area (Å²) < 4.78 is 4.93. The summed E-state index contributed by atoms with van der Waals surface area (Å²) in [6.45, 7) is 1.22. The molecule has 0 heterocycles. The molecular weight excluding hydrogens is 226 g/mol. The van der Waals surface area contributed by atoms with E-state index < -0.39 is 0 Å². The van der Waals surface area contributed by atoms with Crippen LogP contribution in [0, 0.1) is 0 Å². The van der Waals surface area contributed by atoms with E-state index >= 15 is 0 Å². The van der Waals surface area contributed by atoms with Crippen molar-refractivity contribution in [2.75, 3.05) is 38.4 Å². The van der Waals surface area contributed by atoms with Crippen LogP contribution in [0.2, 0.25) is 0 Å². The van der Waals surface area contributed by atoms with Crippen LogP contribution in [0.4, 0.5) is 0 Å². The average molecular weight is 247 g/mol. The SMILES string of the molecule is COCCSCC(=O)N(CCO)C1CCC1. The lowest BCUT2D eigenvalue weighted by atomic mass is 9.91. The van der Waals surface area contributed by atoms with Crippen LogP contribution in [0.25, 0.3) is 0 Å². The zero-order chi connectivity index (χ0) is 11.8. The standard InChI is InChI=1S/C11H21NO3S/c1-15-7-8-16-9-11(14)12(5-6-13)10-3-2-4-10/h10,13H,2-9H2,1H3. The number of aliphatic hydroxyl groups excluding tert-OH is 1. The number of nitrogens with zero attached hydrogens (tertiary/aromatic N) is 1. The molecule has 1 fully saturated rings. The highest BCUT2D eigenvalue weighted by Crippen LogP contribution is 2.25. The zero-order valence-corrected chi connectivity index (χ0v) is 10.7. The Morgan fingerprint density at radius 1 is 1.56 bits per heavy atom. The fourth-order valence-corrected chi connectivity index (χ4v) is 2.47. The maximum absolute atomic E-state index is 11.9. The molecule has 1 aliphatic carbocycles. The summed E-state index contributed by atoms with van der Waals surface area (Å²) in [5.41, 5.74) is 0. The van der Waals surface area contributed by atoms with Crippen molar-refractivity contribution in [1.82, 2.24) is 4.90 Å². The molecule has 0 saturated heterocycles. The molecule has 1 aliphatic rings. The van der Waals surface area contributed by atoms with Gasteiger partial charge in [-0.2, -0.15) is 0 Å². The molecule has 16 heavy (non-hydrogen) atoms. The van der Waals surface area contributed by atoms with Gasteiger partial charge in [-0.15, -0.1) is 11.8 Å². The highest BCUT2D eigenvalue weighted by molar-refractivity contribution is 7.99. The molecule has 0 aromatic rings. The van der Waals surface area contributed by atoms with Gasteiger partial charge in [-0.05, 0) is 19.3 Å². The number of thioether (sulfide) groups is 1. The third-order valence-corrected chi connectivity index (χ3v) is 3.74. The van der Waals surface area contributed by atoms with E-state index in [0.29, 0.717) is 24.9 Å². The van der Waals surface area contributed by atoms with Gasteiger partial charge in [-0.1, -0.05) is 0 Å². The van der Waals surface area contributed by atoms with Crippen LogP contribution in [0.5, 0.6) is 0 Å². The molecule has 1 saturated carbocycles. The van der Waals surface area contributed by atoms with E-state index in [1.165, 1.54) is 6.42 Å². The molecule has 0 aromatic carbocycles. The molecule has 94 valence electrons. The quantitative estimate of drug-likeness (QED) is 0.643. The molecule has 1 rings (SSSR count). The van der Waals surface area contributed by atoms with Crippen LogP contribution < -0.4 is 0 Å². The van der Waals surface area contributed by atoms with Crippen molar-refractivity contribution in [2.24, 2.45) is 0 Å². The summed E-state index contributed by atoms with van der Waals surface area (Å²) in [4.78, 5) is 13.7. The van der Waals surface area contributed by atoms with Gasteiger partial charge in [0.1, 0.15) is 0 Å². The molecule has 1 amide bonds. The van der Waals surface area contributed by atoms with E-state index in [2.05, 4.69) is 0 Å². The number of carbonyl (C=O) groups is 1. The predicted molar refractivity (Wildman–Crippen MR) is 65.6 cm³/mol. The Morgan fingerprint density at radius 3 is 2.81 bits per heavy atom. The van der Waals surface area contributed by atoms with E-state index in [1.54, 1.807) is 18.9 Å². The molecule has 0 bridgehead atoms. The van der Waals surface area contributed by atoms with Crippen LogP contribution in [0.15, 0.2) is 0 Å². The van der Waals surface area contributed by atoms with Crippen molar-refractivity contribution in [2.45, 2.75) is 25.3 Å². The normalized spacial score (nSPS) is 15.9. The molecule has 0 aliphatic heterocycles. The molecule has 4 nitrogen and oxygen atoms in total. The predicted octanol–water partition coefficient (Wildman–Crippen LogP) is 0.739. The van der Waals surface area contributed by atoms with Gasteiger partial charge in [0.2, 0.25) is 5.91 Å². The smallest absolute Gasteiger partial charge is 0.232 e. The molecular formula is C11H21NO3S. The average Bonchev–Trinajstić information content (AvgIpc) is 2.21. The lowest BCUT2D eigenvalue weighted by Crippen LogP contribution is -2.46. The lowest BCUT2D eigenvalue weighted by Gasteiger charge is -2.37. The Balaban J connectivity index is 2.23. The minimum absolute atomic E-state index is 0.0605. The van der Waals surface area contributed by atoms with Crippen molar-refractivity contribution in [1.29, 1.82) is 0 Å². The first-order valence-corrected chi connectivity index (χ1v) is 6.92. The third-order valence-electron chi connectivity index (χ3n) is 2.83.